The lowest BCUT2D eigenvalue weighted by Crippen LogP contribution is -2.23. The molecule has 2 aromatic rings. The van der Waals surface area contributed by atoms with E-state index in [2.05, 4.69) is 4.74 Å². The molecule has 0 bridgehead atoms. The quantitative estimate of drug-likeness (QED) is 0.783. The summed E-state index contributed by atoms with van der Waals surface area (Å²) < 4.78 is 10.4. The van der Waals surface area contributed by atoms with Crippen LogP contribution in [0.15, 0.2) is 54.6 Å². The fraction of sp³-hybridized carbons (Fsp3) is 0.300. The first-order chi connectivity index (χ1) is 12.1. The molecule has 0 amide bonds. The van der Waals surface area contributed by atoms with Gasteiger partial charge in [-0.3, -0.25) is 4.79 Å². The van der Waals surface area contributed by atoms with Gasteiger partial charge < -0.3 is 14.6 Å². The minimum atomic E-state index is -0.887. The summed E-state index contributed by atoms with van der Waals surface area (Å²) in [6, 6.07) is 16.6. The van der Waals surface area contributed by atoms with Crippen LogP contribution in [0.5, 0.6) is 0 Å². The topological polar surface area (TPSA) is 72.8 Å². The van der Waals surface area contributed by atoms with Crippen LogP contribution in [-0.2, 0) is 20.9 Å². The molecule has 0 aliphatic heterocycles. The first-order valence-electron chi connectivity index (χ1n) is 8.10. The van der Waals surface area contributed by atoms with E-state index in [1.165, 1.54) is 7.11 Å². The second-order valence-corrected chi connectivity index (χ2v) is 6.31. The number of ether oxygens (including phenoxy) is 2. The molecule has 2 aromatic carbocycles. The fourth-order valence-corrected chi connectivity index (χ4v) is 3.09. The van der Waals surface area contributed by atoms with Crippen LogP contribution in [0, 0.1) is 5.41 Å². The largest absolute Gasteiger partial charge is 0.481 e. The zero-order valence-electron chi connectivity index (χ0n) is 14.0. The van der Waals surface area contributed by atoms with Crippen molar-refractivity contribution in [2.75, 3.05) is 13.7 Å². The van der Waals surface area contributed by atoms with Crippen LogP contribution in [0.3, 0.4) is 0 Å². The first kappa shape index (κ1) is 17.2. The van der Waals surface area contributed by atoms with E-state index >= 15 is 0 Å². The lowest BCUT2D eigenvalue weighted by atomic mass is 9.99. The molecule has 0 saturated heterocycles. The van der Waals surface area contributed by atoms with E-state index in [1.54, 1.807) is 24.3 Å². The van der Waals surface area contributed by atoms with Crippen LogP contribution >= 0.6 is 0 Å². The summed E-state index contributed by atoms with van der Waals surface area (Å²) in [5.41, 5.74) is 1.48. The summed E-state index contributed by atoms with van der Waals surface area (Å²) in [5.74, 6) is -1.35. The minimum absolute atomic E-state index is 0.104. The van der Waals surface area contributed by atoms with Gasteiger partial charge in [0.25, 0.3) is 0 Å². The van der Waals surface area contributed by atoms with E-state index < -0.39 is 17.4 Å². The average Bonchev–Trinajstić information content (AvgIpc) is 3.38. The smallest absolute Gasteiger partial charge is 0.337 e. The Bertz CT molecular complexity index is 753. The summed E-state index contributed by atoms with van der Waals surface area (Å²) in [4.78, 5) is 23.3. The number of hydrogen-bond donors (Lipinski definition) is 1. The summed E-state index contributed by atoms with van der Waals surface area (Å²) in [5, 5.41) is 9.66. The molecule has 0 unspecified atom stereocenters. The molecule has 1 aliphatic carbocycles. The Kier molecular flexibility index (Phi) is 4.86. The molecule has 2 atom stereocenters. The molecule has 130 valence electrons. The van der Waals surface area contributed by atoms with Crippen molar-refractivity contribution < 1.29 is 24.2 Å². The summed E-state index contributed by atoms with van der Waals surface area (Å²) in [6.07, 6.45) is 0.536. The number of esters is 1. The predicted molar refractivity (Wildman–Crippen MR) is 91.3 cm³/mol. The fourth-order valence-electron chi connectivity index (χ4n) is 3.09. The Morgan fingerprint density at radius 1 is 1.12 bits per heavy atom. The van der Waals surface area contributed by atoms with Crippen LogP contribution in [0.1, 0.15) is 33.8 Å². The Morgan fingerprint density at radius 3 is 2.40 bits per heavy atom. The minimum Gasteiger partial charge on any atom is -0.481 e. The lowest BCUT2D eigenvalue weighted by Gasteiger charge is -2.13. The zero-order chi connectivity index (χ0) is 17.9. The maximum atomic E-state index is 11.8. The molecule has 0 radical (unpaired) electrons. The van der Waals surface area contributed by atoms with Gasteiger partial charge in [-0.15, -0.1) is 0 Å². The van der Waals surface area contributed by atoms with E-state index in [-0.39, 0.29) is 12.5 Å². The van der Waals surface area contributed by atoms with Gasteiger partial charge in [0, 0.05) is 5.92 Å². The number of benzene rings is 2. The zero-order valence-corrected chi connectivity index (χ0v) is 14.0. The number of hydrogen-bond acceptors (Lipinski definition) is 4. The van der Waals surface area contributed by atoms with Crippen molar-refractivity contribution in [3.05, 3.63) is 71.3 Å². The molecule has 5 heteroatoms. The molecule has 1 fully saturated rings. The highest BCUT2D eigenvalue weighted by molar-refractivity contribution is 5.89. The van der Waals surface area contributed by atoms with Gasteiger partial charge in [0.1, 0.15) is 0 Å². The molecule has 0 aromatic heterocycles. The van der Waals surface area contributed by atoms with Gasteiger partial charge in [0.05, 0.1) is 31.3 Å². The maximum absolute atomic E-state index is 11.8. The van der Waals surface area contributed by atoms with Crippen LogP contribution < -0.4 is 0 Å². The highest BCUT2D eigenvalue weighted by Gasteiger charge is 2.61. The molecule has 1 saturated carbocycles. The van der Waals surface area contributed by atoms with Crippen molar-refractivity contribution in [3.63, 3.8) is 0 Å². The summed E-state index contributed by atoms with van der Waals surface area (Å²) in [7, 11) is 1.33. The molecule has 3 rings (SSSR count). The van der Waals surface area contributed by atoms with Crippen LogP contribution in [0.2, 0.25) is 0 Å². The molecule has 0 heterocycles. The maximum Gasteiger partial charge on any atom is 0.337 e. The van der Waals surface area contributed by atoms with Crippen LogP contribution in [0.25, 0.3) is 0 Å². The van der Waals surface area contributed by atoms with Crippen LogP contribution in [-0.4, -0.2) is 30.8 Å². The van der Waals surface area contributed by atoms with Crippen molar-refractivity contribution >= 4 is 11.9 Å². The monoisotopic (exact) mass is 340 g/mol. The van der Waals surface area contributed by atoms with Crippen molar-refractivity contribution in [2.45, 2.75) is 18.9 Å². The number of carbonyl (C=O) groups is 2. The Labute approximate surface area is 146 Å². The predicted octanol–water partition coefficient (Wildman–Crippen LogP) is 3.25. The number of aliphatic carboxylic acids is 1. The molecule has 0 spiro atoms. The Hall–Kier alpha value is -2.66. The molecule has 25 heavy (non-hydrogen) atoms. The second kappa shape index (κ2) is 7.07. The Balaban J connectivity index is 1.65. The van der Waals surface area contributed by atoms with E-state index in [0.29, 0.717) is 18.6 Å². The number of methoxy groups -OCH3 is 1. The van der Waals surface area contributed by atoms with Gasteiger partial charge in [0.15, 0.2) is 0 Å². The van der Waals surface area contributed by atoms with Crippen LogP contribution in [0.4, 0.5) is 0 Å². The third kappa shape index (κ3) is 3.56. The van der Waals surface area contributed by atoms with E-state index in [9.17, 15) is 14.7 Å². The number of carboxylic acid groups (broad SMARTS) is 1. The molecular formula is C20H20O5. The first-order valence-corrected chi connectivity index (χ1v) is 8.10. The summed E-state index contributed by atoms with van der Waals surface area (Å²) in [6.45, 7) is 0.560. The van der Waals surface area contributed by atoms with Gasteiger partial charge >= 0.3 is 11.9 Å². The molecule has 1 N–H and O–H groups in total. The van der Waals surface area contributed by atoms with Crippen molar-refractivity contribution in [2.24, 2.45) is 5.41 Å². The average molecular weight is 340 g/mol. The third-order valence-corrected chi connectivity index (χ3v) is 4.71. The molecular weight excluding hydrogens is 320 g/mol. The number of carbonyl (C=O) groups excluding carboxylic acids is 1. The van der Waals surface area contributed by atoms with E-state index in [4.69, 9.17) is 4.74 Å². The molecule has 1 aliphatic rings. The van der Waals surface area contributed by atoms with Crippen molar-refractivity contribution in [3.8, 4) is 0 Å². The van der Waals surface area contributed by atoms with Gasteiger partial charge in [-0.2, -0.15) is 0 Å². The van der Waals surface area contributed by atoms with Crippen molar-refractivity contribution in [1.82, 2.24) is 0 Å². The number of rotatable bonds is 7. The summed E-state index contributed by atoms with van der Waals surface area (Å²) >= 11 is 0. The highest BCUT2D eigenvalue weighted by Crippen LogP contribution is 2.59. The highest BCUT2D eigenvalue weighted by atomic mass is 16.5. The van der Waals surface area contributed by atoms with Gasteiger partial charge in [0.2, 0.25) is 0 Å². The van der Waals surface area contributed by atoms with Crippen molar-refractivity contribution in [1.29, 1.82) is 0 Å². The standard InChI is InChI=1S/C20H20O5/c1-24-18(21)16-9-7-15(8-10-16)17-11-20(17,19(22)23)13-25-12-14-5-3-2-4-6-14/h2-10,17H,11-13H2,1H3,(H,22,23)/t17-,20+/m1/s1. The van der Waals surface area contributed by atoms with E-state index in [0.717, 1.165) is 11.1 Å². The number of carboxylic acids is 1. The molecule has 5 nitrogen and oxygen atoms in total. The van der Waals surface area contributed by atoms with Gasteiger partial charge in [-0.1, -0.05) is 42.5 Å². The SMILES string of the molecule is COC(=O)c1ccc([C@H]2C[C@@]2(COCc2ccccc2)C(=O)O)cc1. The van der Waals surface area contributed by atoms with Gasteiger partial charge in [-0.05, 0) is 29.7 Å². The normalized spacial score (nSPS) is 21.6. The lowest BCUT2D eigenvalue weighted by molar-refractivity contribution is -0.146. The third-order valence-electron chi connectivity index (χ3n) is 4.71. The second-order valence-electron chi connectivity index (χ2n) is 6.31. The van der Waals surface area contributed by atoms with Gasteiger partial charge in [-0.25, -0.2) is 4.79 Å². The van der Waals surface area contributed by atoms with E-state index in [1.807, 2.05) is 30.3 Å². The Morgan fingerprint density at radius 2 is 1.80 bits per heavy atom.